The summed E-state index contributed by atoms with van der Waals surface area (Å²) in [5, 5.41) is 12.7. The van der Waals surface area contributed by atoms with E-state index in [0.29, 0.717) is 35.5 Å². The van der Waals surface area contributed by atoms with Crippen LogP contribution in [0.3, 0.4) is 0 Å². The largest absolute Gasteiger partial charge is 0.455 e. The summed E-state index contributed by atoms with van der Waals surface area (Å²) in [6.45, 7) is 4.25. The number of para-hydroxylation sites is 1. The molecule has 2 N–H and O–H groups in total. The number of nitrogens with one attached hydrogen (secondary N) is 1. The van der Waals surface area contributed by atoms with E-state index in [2.05, 4.69) is 5.32 Å². The molecule has 49 heavy (non-hydrogen) atoms. The molecule has 4 aliphatic rings. The zero-order valence-corrected chi connectivity index (χ0v) is 28.7. The zero-order chi connectivity index (χ0) is 34.7. The smallest absolute Gasteiger partial charge is 0.313 e. The van der Waals surface area contributed by atoms with Gasteiger partial charge in [-0.05, 0) is 50.3 Å². The molecule has 2 saturated heterocycles. The second-order valence-corrected chi connectivity index (χ2v) is 13.8. The first kappa shape index (κ1) is 34.9. The molecule has 0 aliphatic carbocycles. The van der Waals surface area contributed by atoms with Crippen LogP contribution >= 0.6 is 11.6 Å². The van der Waals surface area contributed by atoms with Crippen LogP contribution in [0.25, 0.3) is 0 Å². The van der Waals surface area contributed by atoms with Crippen molar-refractivity contribution in [3.8, 4) is 0 Å². The lowest BCUT2D eigenvalue weighted by Crippen LogP contribution is -2.55. The van der Waals surface area contributed by atoms with Crippen molar-refractivity contribution in [3.05, 3.63) is 89.0 Å². The van der Waals surface area contributed by atoms with Gasteiger partial charge in [-0.1, -0.05) is 91.2 Å². The topological polar surface area (TPSA) is 125 Å². The highest BCUT2D eigenvalue weighted by molar-refractivity contribution is 6.34. The molecule has 4 heterocycles. The zero-order valence-electron chi connectivity index (χ0n) is 27.9. The lowest BCUT2D eigenvalue weighted by Gasteiger charge is -2.36. The summed E-state index contributed by atoms with van der Waals surface area (Å²) in [5.74, 6) is -3.57. The van der Waals surface area contributed by atoms with Gasteiger partial charge in [-0.2, -0.15) is 0 Å². The van der Waals surface area contributed by atoms with Gasteiger partial charge >= 0.3 is 5.97 Å². The van der Waals surface area contributed by atoms with E-state index in [1.807, 2.05) is 55.5 Å². The highest BCUT2D eigenvalue weighted by Crippen LogP contribution is 2.54. The van der Waals surface area contributed by atoms with E-state index < -0.39 is 47.7 Å². The molecule has 260 valence electrons. The Labute approximate surface area is 292 Å². The third-order valence-electron chi connectivity index (χ3n) is 10.1. The first-order valence-corrected chi connectivity index (χ1v) is 17.6. The Bertz CT molecular complexity index is 1610. The number of benzene rings is 2. The predicted molar refractivity (Wildman–Crippen MR) is 185 cm³/mol. The Morgan fingerprint density at radius 2 is 1.76 bits per heavy atom. The third-order valence-corrected chi connectivity index (χ3v) is 10.4. The van der Waals surface area contributed by atoms with Crippen LogP contribution in [0.1, 0.15) is 62.7 Å². The lowest BCUT2D eigenvalue weighted by molar-refractivity contribution is -0.161. The van der Waals surface area contributed by atoms with Gasteiger partial charge in [0.05, 0.1) is 28.8 Å². The number of aryl methyl sites for hydroxylation is 1. The molecule has 4 aliphatic heterocycles. The number of allylic oxidation sites excluding steroid dienone is 1. The fraction of sp³-hybridized carbons (Fsp3) is 0.474. The number of aliphatic hydroxyl groups is 1. The van der Waals surface area contributed by atoms with Gasteiger partial charge in [0.1, 0.15) is 23.7 Å². The molecule has 6 rings (SSSR count). The highest BCUT2D eigenvalue weighted by Gasteiger charge is 2.72. The summed E-state index contributed by atoms with van der Waals surface area (Å²) < 4.78 is 13.1. The van der Waals surface area contributed by atoms with Crippen LogP contribution in [0.2, 0.25) is 5.02 Å². The molecular formula is C38H44ClN3O7. The Morgan fingerprint density at radius 1 is 0.980 bits per heavy atom. The summed E-state index contributed by atoms with van der Waals surface area (Å²) >= 11 is 6.68. The first-order valence-electron chi connectivity index (χ1n) is 17.2. The van der Waals surface area contributed by atoms with Crippen LogP contribution in [-0.2, 0) is 28.7 Å². The first-order chi connectivity index (χ1) is 23.7. The number of unbranched alkanes of at least 4 members (excludes halogenated alkanes) is 3. The van der Waals surface area contributed by atoms with Gasteiger partial charge in [-0.25, -0.2) is 0 Å². The van der Waals surface area contributed by atoms with Crippen LogP contribution in [0.4, 0.5) is 5.69 Å². The Kier molecular flexibility index (Phi) is 10.6. The van der Waals surface area contributed by atoms with Crippen LogP contribution in [0.15, 0.2) is 72.8 Å². The van der Waals surface area contributed by atoms with E-state index in [-0.39, 0.29) is 43.8 Å². The third kappa shape index (κ3) is 6.66. The normalized spacial score (nSPS) is 30.8. The molecule has 0 radical (unpaired) electrons. The second-order valence-electron chi connectivity index (χ2n) is 13.4. The summed E-state index contributed by atoms with van der Waals surface area (Å²) in [6.07, 6.45) is 8.87. The predicted octanol–water partition coefficient (Wildman–Crippen LogP) is 4.82. The minimum Gasteiger partial charge on any atom is -0.455 e. The van der Waals surface area contributed by atoms with E-state index in [1.165, 1.54) is 0 Å². The van der Waals surface area contributed by atoms with E-state index in [0.717, 1.165) is 18.4 Å². The van der Waals surface area contributed by atoms with Crippen molar-refractivity contribution in [2.24, 2.45) is 11.8 Å². The molecule has 0 aromatic heterocycles. The number of carbonyl (C=O) groups excluding carboxylic acids is 4. The molecule has 3 amide bonds. The van der Waals surface area contributed by atoms with Crippen molar-refractivity contribution in [2.75, 3.05) is 24.6 Å². The quantitative estimate of drug-likeness (QED) is 0.231. The Morgan fingerprint density at radius 3 is 2.51 bits per heavy atom. The van der Waals surface area contributed by atoms with E-state index in [4.69, 9.17) is 21.1 Å². The van der Waals surface area contributed by atoms with Crippen molar-refractivity contribution >= 4 is 41.0 Å². The van der Waals surface area contributed by atoms with Gasteiger partial charge in [0, 0.05) is 26.1 Å². The fourth-order valence-electron chi connectivity index (χ4n) is 7.86. The molecule has 2 aromatic carbocycles. The molecule has 7 atom stereocenters. The van der Waals surface area contributed by atoms with Gasteiger partial charge in [-0.3, -0.25) is 19.2 Å². The maximum Gasteiger partial charge on any atom is 0.313 e. The fourth-order valence-corrected chi connectivity index (χ4v) is 8.18. The number of fused-ring (bicyclic) bond motifs is 2. The number of likely N-dealkylation sites (tertiary alicyclic amines) is 1. The second kappa shape index (κ2) is 14.9. The standard InChI is InChI=1S/C38H44ClN3O7/c1-24-14-12-17-27(39)32(24)41-22-13-20-38-31(35(45)42(34(38)36(41)46)21-10-3-4-11-23-43)30-28(49-38)18-8-9-19-29(44)40-25(2)33(48-37(30)47)26-15-6-5-7-16-26/h5-8,12-18,20,25,28,30-31,33-34,43H,3-4,9-11,19,21-23H2,1-2H3,(H,40,44)/b18-8-/t25-,28-,30+,31+,33+,34-,38+/m1/s1. The average molecular weight is 690 g/mol. The molecule has 10 nitrogen and oxygen atoms in total. The van der Waals surface area contributed by atoms with Crippen molar-refractivity contribution in [1.82, 2.24) is 10.2 Å². The molecule has 2 aromatic rings. The molecule has 0 unspecified atom stereocenters. The summed E-state index contributed by atoms with van der Waals surface area (Å²) in [7, 11) is 0. The van der Waals surface area contributed by atoms with Gasteiger partial charge < -0.3 is 29.7 Å². The molecule has 1 spiro atoms. The van der Waals surface area contributed by atoms with Gasteiger partial charge in [0.25, 0.3) is 5.91 Å². The number of rotatable bonds is 8. The number of carbonyl (C=O) groups is 4. The molecule has 2 fully saturated rings. The summed E-state index contributed by atoms with van der Waals surface area (Å²) in [6, 6.07) is 13.0. The molecular weight excluding hydrogens is 646 g/mol. The highest BCUT2D eigenvalue weighted by atomic mass is 35.5. The number of amides is 3. The minimum absolute atomic E-state index is 0.0880. The van der Waals surface area contributed by atoms with Crippen LogP contribution in [-0.4, -0.2) is 77.2 Å². The molecule has 11 heteroatoms. The van der Waals surface area contributed by atoms with Gasteiger partial charge in [0.2, 0.25) is 11.8 Å². The summed E-state index contributed by atoms with van der Waals surface area (Å²) in [4.78, 5) is 60.0. The number of halogens is 1. The van der Waals surface area contributed by atoms with Crippen molar-refractivity contribution in [2.45, 2.75) is 82.3 Å². The van der Waals surface area contributed by atoms with Gasteiger partial charge in [0.15, 0.2) is 0 Å². The number of ether oxygens (including phenoxy) is 2. The molecule has 0 bridgehead atoms. The monoisotopic (exact) mass is 689 g/mol. The van der Waals surface area contributed by atoms with Crippen LogP contribution in [0.5, 0.6) is 0 Å². The average Bonchev–Trinajstić information content (AvgIpc) is 3.46. The Hall–Kier alpha value is -3.99. The maximum absolute atomic E-state index is 14.8. The number of cyclic esters (lactones) is 1. The number of hydrogen-bond acceptors (Lipinski definition) is 7. The number of nitrogens with zero attached hydrogens (tertiary/aromatic N) is 2. The SMILES string of the molecule is Cc1cccc(Cl)c1N1CC=C[C@]23O[C@@H]4/C=C\CCC(=O)N[C@H](C)[C@@H](c5ccccc5)OC(=O)[C@@H]4[C@H]2C(=O)N(CCCCCCO)[C@@H]3C1=O. The van der Waals surface area contributed by atoms with Crippen molar-refractivity contribution < 1.29 is 33.8 Å². The summed E-state index contributed by atoms with van der Waals surface area (Å²) in [5.41, 5.74) is 0.627. The van der Waals surface area contributed by atoms with Crippen LogP contribution < -0.4 is 10.2 Å². The van der Waals surface area contributed by atoms with Crippen LogP contribution in [0, 0.1) is 18.8 Å². The molecule has 0 saturated carbocycles. The number of hydrogen-bond donors (Lipinski definition) is 2. The number of esters is 1. The van der Waals surface area contributed by atoms with E-state index in [9.17, 15) is 24.3 Å². The van der Waals surface area contributed by atoms with E-state index >= 15 is 0 Å². The van der Waals surface area contributed by atoms with Crippen molar-refractivity contribution in [1.29, 1.82) is 0 Å². The minimum atomic E-state index is -1.45. The van der Waals surface area contributed by atoms with E-state index in [1.54, 1.807) is 41.0 Å². The number of anilines is 1. The maximum atomic E-state index is 14.8. The number of aliphatic hydroxyl groups excluding tert-OH is 1. The van der Waals surface area contributed by atoms with Gasteiger partial charge in [-0.15, -0.1) is 0 Å². The Balaban J connectivity index is 1.42. The lowest BCUT2D eigenvalue weighted by atomic mass is 9.77. The van der Waals surface area contributed by atoms with Crippen molar-refractivity contribution in [3.63, 3.8) is 0 Å².